The minimum Gasteiger partial charge on any atom is -0.364 e. The van der Waals surface area contributed by atoms with Crippen molar-refractivity contribution in [2.24, 2.45) is 11.5 Å². The van der Waals surface area contributed by atoms with E-state index in [2.05, 4.69) is 10.4 Å². The van der Waals surface area contributed by atoms with Crippen LogP contribution in [0.4, 0.5) is 14.9 Å². The van der Waals surface area contributed by atoms with E-state index >= 15 is 0 Å². The highest BCUT2D eigenvalue weighted by Gasteiger charge is 2.16. The molecular weight excluding hydrogens is 325 g/mol. The summed E-state index contributed by atoms with van der Waals surface area (Å²) in [7, 11) is 0. The maximum Gasteiger partial charge on any atom is 0.316 e. The van der Waals surface area contributed by atoms with Crippen LogP contribution in [-0.4, -0.2) is 21.7 Å². The molecule has 0 aliphatic heterocycles. The zero-order chi connectivity index (χ0) is 18.0. The van der Waals surface area contributed by atoms with Crippen LogP contribution in [0.1, 0.15) is 10.5 Å². The van der Waals surface area contributed by atoms with Gasteiger partial charge in [-0.05, 0) is 35.4 Å². The Kier molecular flexibility index (Phi) is 4.17. The van der Waals surface area contributed by atoms with Gasteiger partial charge >= 0.3 is 6.03 Å². The number of urea groups is 1. The number of hydrogen-bond donors (Lipinski definition) is 3. The highest BCUT2D eigenvalue weighted by Crippen LogP contribution is 2.22. The molecule has 0 saturated heterocycles. The van der Waals surface area contributed by atoms with Crippen LogP contribution in [0.5, 0.6) is 0 Å². The van der Waals surface area contributed by atoms with Gasteiger partial charge in [0.1, 0.15) is 5.82 Å². The third kappa shape index (κ3) is 3.47. The maximum atomic E-state index is 13.0. The van der Waals surface area contributed by atoms with Crippen LogP contribution in [-0.2, 0) is 0 Å². The Balaban J connectivity index is 1.93. The lowest BCUT2D eigenvalue weighted by atomic mass is 10.1. The Hall–Kier alpha value is -3.68. The minimum absolute atomic E-state index is 0.0959. The number of nitrogens with zero attached hydrogens (tertiary/aromatic N) is 2. The first kappa shape index (κ1) is 16.2. The van der Waals surface area contributed by atoms with E-state index in [1.165, 1.54) is 23.0 Å². The highest BCUT2D eigenvalue weighted by molar-refractivity contribution is 6.00. The first-order valence-electron chi connectivity index (χ1n) is 7.26. The van der Waals surface area contributed by atoms with Gasteiger partial charge in [0, 0.05) is 0 Å². The van der Waals surface area contributed by atoms with Crippen molar-refractivity contribution in [1.82, 2.24) is 9.78 Å². The number of anilines is 1. The second kappa shape index (κ2) is 6.44. The molecule has 1 heterocycles. The van der Waals surface area contributed by atoms with E-state index in [9.17, 15) is 14.0 Å². The Morgan fingerprint density at radius 3 is 2.04 bits per heavy atom. The van der Waals surface area contributed by atoms with Crippen LogP contribution in [0.3, 0.4) is 0 Å². The topological polar surface area (TPSA) is 116 Å². The summed E-state index contributed by atoms with van der Waals surface area (Å²) < 4.78 is 14.4. The van der Waals surface area contributed by atoms with Crippen molar-refractivity contribution < 1.29 is 14.0 Å². The Morgan fingerprint density at radius 1 is 0.960 bits per heavy atom. The van der Waals surface area contributed by atoms with Gasteiger partial charge in [0.25, 0.3) is 5.91 Å². The Morgan fingerprint density at radius 2 is 1.52 bits per heavy atom. The molecule has 0 radical (unpaired) electrons. The summed E-state index contributed by atoms with van der Waals surface area (Å²) in [6.45, 7) is 0. The molecule has 0 aliphatic carbocycles. The van der Waals surface area contributed by atoms with Gasteiger partial charge in [0.2, 0.25) is 0 Å². The number of rotatable bonds is 4. The standard InChI is InChI=1S/C17H14FN5O2/c18-12-5-1-10(2-6-12)11-3-7-13(8-4-11)23-9-14(21-17(20)25)15(22-23)16(19)24/h1-9H,(H2,19,24)(H3,20,21,25). The monoisotopic (exact) mass is 339 g/mol. The van der Waals surface area contributed by atoms with Crippen molar-refractivity contribution >= 4 is 17.6 Å². The number of amides is 3. The molecular formula is C17H14FN5O2. The summed E-state index contributed by atoms with van der Waals surface area (Å²) in [6, 6.07) is 12.5. The molecule has 1 aromatic heterocycles. The van der Waals surface area contributed by atoms with E-state index in [1.807, 2.05) is 12.1 Å². The number of nitrogens with one attached hydrogen (secondary N) is 1. The molecule has 0 atom stereocenters. The summed E-state index contributed by atoms with van der Waals surface area (Å²) in [5.74, 6) is -1.09. The van der Waals surface area contributed by atoms with E-state index in [0.717, 1.165) is 11.1 Å². The lowest BCUT2D eigenvalue weighted by molar-refractivity contribution is 0.0996. The second-order valence-electron chi connectivity index (χ2n) is 5.24. The largest absolute Gasteiger partial charge is 0.364 e. The maximum absolute atomic E-state index is 13.0. The van der Waals surface area contributed by atoms with Crippen LogP contribution in [0.2, 0.25) is 0 Å². The van der Waals surface area contributed by atoms with Crippen molar-refractivity contribution in [3.8, 4) is 16.8 Å². The van der Waals surface area contributed by atoms with Gasteiger partial charge in [-0.1, -0.05) is 24.3 Å². The molecule has 0 unspecified atom stereocenters. The van der Waals surface area contributed by atoms with Crippen molar-refractivity contribution in [3.63, 3.8) is 0 Å². The summed E-state index contributed by atoms with van der Waals surface area (Å²) in [5, 5.41) is 6.38. The molecule has 3 aromatic rings. The molecule has 126 valence electrons. The zero-order valence-corrected chi connectivity index (χ0v) is 12.9. The third-order valence-electron chi connectivity index (χ3n) is 3.51. The number of primary amides is 2. The van der Waals surface area contributed by atoms with Crippen molar-refractivity contribution in [1.29, 1.82) is 0 Å². The van der Waals surface area contributed by atoms with E-state index in [-0.39, 0.29) is 17.2 Å². The minimum atomic E-state index is -0.825. The van der Waals surface area contributed by atoms with Crippen LogP contribution in [0, 0.1) is 5.82 Å². The van der Waals surface area contributed by atoms with Gasteiger partial charge in [0.05, 0.1) is 17.6 Å². The SMILES string of the molecule is NC(=O)Nc1cn(-c2ccc(-c3ccc(F)cc3)cc2)nc1C(N)=O. The van der Waals surface area contributed by atoms with Gasteiger partial charge in [-0.2, -0.15) is 5.10 Å². The van der Waals surface area contributed by atoms with E-state index in [4.69, 9.17) is 11.5 Å². The van der Waals surface area contributed by atoms with Gasteiger partial charge in [-0.15, -0.1) is 0 Å². The molecule has 7 nitrogen and oxygen atoms in total. The van der Waals surface area contributed by atoms with Crippen LogP contribution in [0.25, 0.3) is 16.8 Å². The molecule has 0 spiro atoms. The zero-order valence-electron chi connectivity index (χ0n) is 12.9. The fourth-order valence-electron chi connectivity index (χ4n) is 2.36. The van der Waals surface area contributed by atoms with Crippen LogP contribution >= 0.6 is 0 Å². The molecule has 25 heavy (non-hydrogen) atoms. The van der Waals surface area contributed by atoms with Gasteiger partial charge < -0.3 is 16.8 Å². The fourth-order valence-corrected chi connectivity index (χ4v) is 2.36. The molecule has 0 aliphatic rings. The average Bonchev–Trinajstić information content (AvgIpc) is 2.99. The van der Waals surface area contributed by atoms with E-state index in [1.54, 1.807) is 24.3 Å². The first-order chi connectivity index (χ1) is 11.9. The molecule has 5 N–H and O–H groups in total. The number of hydrogen-bond acceptors (Lipinski definition) is 3. The van der Waals surface area contributed by atoms with Crippen molar-refractivity contribution in [2.45, 2.75) is 0 Å². The molecule has 2 aromatic carbocycles. The van der Waals surface area contributed by atoms with Crippen LogP contribution in [0.15, 0.2) is 54.7 Å². The summed E-state index contributed by atoms with van der Waals surface area (Å²) in [6.07, 6.45) is 1.44. The smallest absolute Gasteiger partial charge is 0.316 e. The Bertz CT molecular complexity index is 933. The number of carbonyl (C=O) groups is 2. The van der Waals surface area contributed by atoms with Gasteiger partial charge in [-0.25, -0.2) is 13.9 Å². The summed E-state index contributed by atoms with van der Waals surface area (Å²) >= 11 is 0. The van der Waals surface area contributed by atoms with Crippen LogP contribution < -0.4 is 16.8 Å². The highest BCUT2D eigenvalue weighted by atomic mass is 19.1. The lowest BCUT2D eigenvalue weighted by Crippen LogP contribution is -2.22. The number of nitrogens with two attached hydrogens (primary N) is 2. The van der Waals surface area contributed by atoms with Crippen molar-refractivity contribution in [2.75, 3.05) is 5.32 Å². The van der Waals surface area contributed by atoms with Gasteiger partial charge in [0.15, 0.2) is 5.69 Å². The number of halogens is 1. The summed E-state index contributed by atoms with van der Waals surface area (Å²) in [5.41, 5.74) is 12.8. The predicted octanol–water partition coefficient (Wildman–Crippen LogP) is 2.27. The first-order valence-corrected chi connectivity index (χ1v) is 7.26. The molecule has 3 rings (SSSR count). The molecule has 0 fully saturated rings. The molecule has 3 amide bonds. The average molecular weight is 339 g/mol. The normalized spacial score (nSPS) is 10.4. The van der Waals surface area contributed by atoms with E-state index < -0.39 is 11.9 Å². The lowest BCUT2D eigenvalue weighted by Gasteiger charge is -2.05. The molecule has 0 bridgehead atoms. The quantitative estimate of drug-likeness (QED) is 0.677. The fraction of sp³-hybridized carbons (Fsp3) is 0. The predicted molar refractivity (Wildman–Crippen MR) is 90.7 cm³/mol. The number of benzene rings is 2. The Labute approximate surface area is 142 Å². The van der Waals surface area contributed by atoms with Gasteiger partial charge in [-0.3, -0.25) is 4.79 Å². The second-order valence-corrected chi connectivity index (χ2v) is 5.24. The van der Waals surface area contributed by atoms with Crippen molar-refractivity contribution in [3.05, 3.63) is 66.2 Å². The van der Waals surface area contributed by atoms with E-state index in [0.29, 0.717) is 5.69 Å². The number of carbonyl (C=O) groups excluding carboxylic acids is 2. The molecule has 0 saturated carbocycles. The number of aromatic nitrogens is 2. The molecule has 8 heteroatoms. The summed E-state index contributed by atoms with van der Waals surface area (Å²) in [4.78, 5) is 22.4. The third-order valence-corrected chi connectivity index (χ3v) is 3.51.